The fraction of sp³-hybridized carbons (Fsp3) is 0.429. The molecule has 0 aliphatic heterocycles. The van der Waals surface area contributed by atoms with Crippen LogP contribution in [0.15, 0.2) is 48.5 Å². The molecule has 0 nitrogen and oxygen atoms in total. The number of hydrogen-bond acceptors (Lipinski definition) is 0. The van der Waals surface area contributed by atoms with Gasteiger partial charge in [-0.05, 0) is 59.1 Å². The molecule has 0 heteroatoms. The van der Waals surface area contributed by atoms with Gasteiger partial charge in [0, 0.05) is 0 Å². The number of rotatable bonds is 4. The maximum atomic E-state index is 2.40. The van der Waals surface area contributed by atoms with E-state index in [9.17, 15) is 0 Å². The molecule has 2 aromatic carbocycles. The third kappa shape index (κ3) is 4.74. The van der Waals surface area contributed by atoms with Crippen LogP contribution < -0.4 is 0 Å². The molecule has 0 bridgehead atoms. The highest BCUT2D eigenvalue weighted by Gasteiger charge is 2.14. The Bertz CT molecular complexity index is 626. The molecule has 0 N–H and O–H groups in total. The van der Waals surface area contributed by atoms with Crippen LogP contribution in [0.4, 0.5) is 0 Å². The molecule has 0 radical (unpaired) electrons. The maximum Gasteiger partial charge on any atom is -0.0178 e. The van der Waals surface area contributed by atoms with Gasteiger partial charge in [-0.25, -0.2) is 0 Å². The van der Waals surface area contributed by atoms with Gasteiger partial charge in [0.1, 0.15) is 0 Å². The van der Waals surface area contributed by atoms with Crippen molar-refractivity contribution in [2.75, 3.05) is 0 Å². The zero-order chi connectivity index (χ0) is 15.5. The SMILES string of the molecule is C/C(=C/CC(C)CC(C)(C)C)c1ccc2ccccc2c1. The van der Waals surface area contributed by atoms with Gasteiger partial charge in [0.05, 0.1) is 0 Å². The Morgan fingerprint density at radius 1 is 1.05 bits per heavy atom. The second kappa shape index (κ2) is 6.47. The molecule has 2 rings (SSSR count). The van der Waals surface area contributed by atoms with E-state index in [1.807, 2.05) is 0 Å². The number of fused-ring (bicyclic) bond motifs is 1. The molecular formula is C21H28. The van der Waals surface area contributed by atoms with Gasteiger partial charge in [0.25, 0.3) is 0 Å². The van der Waals surface area contributed by atoms with E-state index in [0.29, 0.717) is 5.41 Å². The third-order valence-corrected chi connectivity index (χ3v) is 3.99. The van der Waals surface area contributed by atoms with E-state index in [1.54, 1.807) is 0 Å². The van der Waals surface area contributed by atoms with Crippen LogP contribution in [0.2, 0.25) is 0 Å². The molecule has 0 aliphatic rings. The third-order valence-electron chi connectivity index (χ3n) is 3.99. The van der Waals surface area contributed by atoms with Crippen LogP contribution >= 0.6 is 0 Å². The Balaban J connectivity index is 2.10. The van der Waals surface area contributed by atoms with Crippen LogP contribution in [0.25, 0.3) is 16.3 Å². The average Bonchev–Trinajstić information content (AvgIpc) is 2.42. The van der Waals surface area contributed by atoms with Crippen molar-refractivity contribution in [3.8, 4) is 0 Å². The fourth-order valence-electron chi connectivity index (χ4n) is 3.06. The van der Waals surface area contributed by atoms with Gasteiger partial charge in [-0.15, -0.1) is 0 Å². The van der Waals surface area contributed by atoms with Gasteiger partial charge >= 0.3 is 0 Å². The molecule has 0 saturated heterocycles. The molecule has 2 aromatic rings. The summed E-state index contributed by atoms with van der Waals surface area (Å²) in [5, 5.41) is 2.64. The highest BCUT2D eigenvalue weighted by Crippen LogP contribution is 2.27. The highest BCUT2D eigenvalue weighted by molar-refractivity contribution is 5.86. The summed E-state index contributed by atoms with van der Waals surface area (Å²) in [6, 6.07) is 15.3. The lowest BCUT2D eigenvalue weighted by molar-refractivity contribution is 0.308. The minimum Gasteiger partial charge on any atom is -0.0807 e. The number of hydrogen-bond donors (Lipinski definition) is 0. The predicted molar refractivity (Wildman–Crippen MR) is 95.5 cm³/mol. The smallest absolute Gasteiger partial charge is 0.0178 e. The van der Waals surface area contributed by atoms with E-state index in [4.69, 9.17) is 0 Å². The van der Waals surface area contributed by atoms with Gasteiger partial charge in [-0.3, -0.25) is 0 Å². The zero-order valence-electron chi connectivity index (χ0n) is 14.1. The first-order valence-electron chi connectivity index (χ1n) is 8.01. The van der Waals surface area contributed by atoms with E-state index in [0.717, 1.165) is 12.3 Å². The van der Waals surface area contributed by atoms with Gasteiger partial charge in [0.2, 0.25) is 0 Å². The van der Waals surface area contributed by atoms with E-state index in [-0.39, 0.29) is 0 Å². The number of benzene rings is 2. The molecule has 0 amide bonds. The van der Waals surface area contributed by atoms with Crippen molar-refractivity contribution in [1.82, 2.24) is 0 Å². The Hall–Kier alpha value is -1.56. The summed E-state index contributed by atoms with van der Waals surface area (Å²) in [6.45, 7) is 11.6. The van der Waals surface area contributed by atoms with Crippen LogP contribution in [0.1, 0.15) is 53.0 Å². The van der Waals surface area contributed by atoms with Gasteiger partial charge in [-0.2, -0.15) is 0 Å². The molecule has 0 fully saturated rings. The van der Waals surface area contributed by atoms with Gasteiger partial charge in [-0.1, -0.05) is 70.2 Å². The molecule has 0 aliphatic carbocycles. The summed E-state index contributed by atoms with van der Waals surface area (Å²) in [4.78, 5) is 0. The number of allylic oxidation sites excluding steroid dienone is 2. The normalized spacial score (nSPS) is 14.4. The molecule has 112 valence electrons. The molecule has 1 unspecified atom stereocenters. The van der Waals surface area contributed by atoms with Crippen molar-refractivity contribution in [2.45, 2.75) is 47.5 Å². The quantitative estimate of drug-likeness (QED) is 0.584. The molecule has 0 saturated carbocycles. The molecule has 0 aromatic heterocycles. The summed E-state index contributed by atoms with van der Waals surface area (Å²) in [5.41, 5.74) is 3.16. The summed E-state index contributed by atoms with van der Waals surface area (Å²) >= 11 is 0. The second-order valence-electron chi connectivity index (χ2n) is 7.55. The van der Waals surface area contributed by atoms with Crippen LogP contribution in [-0.2, 0) is 0 Å². The lowest BCUT2D eigenvalue weighted by Crippen LogP contribution is -2.10. The summed E-state index contributed by atoms with van der Waals surface area (Å²) in [5.74, 6) is 0.736. The van der Waals surface area contributed by atoms with Crippen LogP contribution in [0.3, 0.4) is 0 Å². The first-order valence-corrected chi connectivity index (χ1v) is 8.01. The predicted octanol–water partition coefficient (Wildman–Crippen LogP) is 6.71. The minimum absolute atomic E-state index is 0.421. The van der Waals surface area contributed by atoms with Crippen LogP contribution in [0, 0.1) is 11.3 Å². The Labute approximate surface area is 129 Å². The van der Waals surface area contributed by atoms with E-state index in [2.05, 4.69) is 83.2 Å². The van der Waals surface area contributed by atoms with Crippen LogP contribution in [-0.4, -0.2) is 0 Å². The molecule has 1 atom stereocenters. The lowest BCUT2D eigenvalue weighted by atomic mass is 9.84. The zero-order valence-corrected chi connectivity index (χ0v) is 14.1. The summed E-state index contributed by atoms with van der Waals surface area (Å²) in [7, 11) is 0. The molecule has 0 spiro atoms. The average molecular weight is 280 g/mol. The van der Waals surface area contributed by atoms with Crippen molar-refractivity contribution in [3.63, 3.8) is 0 Å². The minimum atomic E-state index is 0.421. The largest absolute Gasteiger partial charge is 0.0807 e. The topological polar surface area (TPSA) is 0 Å². The Morgan fingerprint density at radius 2 is 1.71 bits per heavy atom. The van der Waals surface area contributed by atoms with Gasteiger partial charge < -0.3 is 0 Å². The standard InChI is InChI=1S/C21H28/c1-16(15-21(3,4)5)10-11-17(2)19-13-12-18-8-6-7-9-20(18)14-19/h6-9,11-14,16H,10,15H2,1-5H3/b17-11-. The van der Waals surface area contributed by atoms with Gasteiger partial charge in [0.15, 0.2) is 0 Å². The fourth-order valence-corrected chi connectivity index (χ4v) is 3.06. The van der Waals surface area contributed by atoms with Crippen molar-refractivity contribution in [1.29, 1.82) is 0 Å². The van der Waals surface area contributed by atoms with E-state index >= 15 is 0 Å². The van der Waals surface area contributed by atoms with E-state index < -0.39 is 0 Å². The molecule has 0 heterocycles. The first kappa shape index (κ1) is 15.8. The first-order chi connectivity index (χ1) is 9.85. The molecular weight excluding hydrogens is 252 g/mol. The van der Waals surface area contributed by atoms with Crippen LogP contribution in [0.5, 0.6) is 0 Å². The van der Waals surface area contributed by atoms with Crippen molar-refractivity contribution < 1.29 is 0 Å². The Morgan fingerprint density at radius 3 is 2.38 bits per heavy atom. The summed E-state index contributed by atoms with van der Waals surface area (Å²) in [6.07, 6.45) is 4.84. The summed E-state index contributed by atoms with van der Waals surface area (Å²) < 4.78 is 0. The van der Waals surface area contributed by atoms with Crippen molar-refractivity contribution in [2.24, 2.45) is 11.3 Å². The van der Waals surface area contributed by atoms with E-state index in [1.165, 1.54) is 28.3 Å². The van der Waals surface area contributed by atoms with Crippen molar-refractivity contribution >= 4 is 16.3 Å². The van der Waals surface area contributed by atoms with Crippen molar-refractivity contribution in [3.05, 3.63) is 54.1 Å². The Kier molecular flexibility index (Phi) is 4.88. The lowest BCUT2D eigenvalue weighted by Gasteiger charge is -2.22. The maximum absolute atomic E-state index is 2.40. The highest BCUT2D eigenvalue weighted by atomic mass is 14.2. The monoisotopic (exact) mass is 280 g/mol. The molecule has 21 heavy (non-hydrogen) atoms. The second-order valence-corrected chi connectivity index (χ2v) is 7.55.